The van der Waals surface area contributed by atoms with Gasteiger partial charge in [0.05, 0.1) is 42.1 Å². The zero-order valence-electron chi connectivity index (χ0n) is 22.6. The van der Waals surface area contributed by atoms with Crippen molar-refractivity contribution < 1.29 is 23.5 Å². The fourth-order valence-electron chi connectivity index (χ4n) is 4.89. The number of urea groups is 1. The van der Waals surface area contributed by atoms with Crippen LogP contribution in [0, 0.1) is 0 Å². The molecule has 5 rings (SSSR count). The maximum atomic E-state index is 13.5. The van der Waals surface area contributed by atoms with Gasteiger partial charge in [-0.15, -0.1) is 0 Å². The van der Waals surface area contributed by atoms with Gasteiger partial charge in [-0.05, 0) is 55.7 Å². The largest absolute Gasteiger partial charge is 0.494 e. The number of carbonyl (C=O) groups excluding carboxylic acids is 2. The Morgan fingerprint density at radius 3 is 2.59 bits per heavy atom. The number of rotatable bonds is 8. The summed E-state index contributed by atoms with van der Waals surface area (Å²) < 4.78 is 11.1. The number of aromatic nitrogens is 3. The highest BCUT2D eigenvalue weighted by Gasteiger charge is 2.44. The van der Waals surface area contributed by atoms with Gasteiger partial charge in [0.2, 0.25) is 0 Å². The average molecular weight is 574 g/mol. The number of methoxy groups -OCH3 is 1. The van der Waals surface area contributed by atoms with Crippen LogP contribution < -0.4 is 20.1 Å². The summed E-state index contributed by atoms with van der Waals surface area (Å²) in [6.45, 7) is 4.75. The van der Waals surface area contributed by atoms with Crippen molar-refractivity contribution in [1.82, 2.24) is 15.0 Å². The van der Waals surface area contributed by atoms with E-state index in [1.807, 2.05) is 24.3 Å². The fourth-order valence-corrected chi connectivity index (χ4v) is 5.13. The molecule has 41 heavy (non-hydrogen) atoms. The number of anilines is 3. The van der Waals surface area contributed by atoms with Crippen LogP contribution in [0.3, 0.4) is 0 Å². The maximum Gasteiger partial charge on any atom is 0.428 e. The van der Waals surface area contributed by atoms with E-state index in [-0.39, 0.29) is 10.4 Å². The van der Waals surface area contributed by atoms with Crippen molar-refractivity contribution in [2.75, 3.05) is 30.8 Å². The first kappa shape index (κ1) is 28.0. The molecule has 0 atom stereocenters. The molecule has 0 saturated carbocycles. The number of imide groups is 1. The highest BCUT2D eigenvalue weighted by atomic mass is 35.5. The number of pyridine rings is 1. The first-order valence-electron chi connectivity index (χ1n) is 13.2. The van der Waals surface area contributed by atoms with Crippen molar-refractivity contribution in [2.45, 2.75) is 25.9 Å². The number of nitrogens with zero attached hydrogens (tertiary/aromatic N) is 4. The van der Waals surface area contributed by atoms with E-state index < -0.39 is 6.03 Å². The van der Waals surface area contributed by atoms with Crippen molar-refractivity contribution in [1.29, 1.82) is 0 Å². The SMILES string of the molecule is C=CC(=O)[N+]1(C(=O)Nc2cc3c(Nc4ccc(OCc5ccccn5)c(Cl)c4)ncnc3cc2OC)CCCCC1. The van der Waals surface area contributed by atoms with E-state index >= 15 is 0 Å². The highest BCUT2D eigenvalue weighted by molar-refractivity contribution is 6.32. The number of quaternary nitrogens is 1. The Balaban J connectivity index is 1.41. The number of piperidine rings is 1. The molecular weight excluding hydrogens is 544 g/mol. The summed E-state index contributed by atoms with van der Waals surface area (Å²) >= 11 is 6.51. The van der Waals surface area contributed by atoms with Crippen molar-refractivity contribution in [2.24, 2.45) is 0 Å². The van der Waals surface area contributed by atoms with Gasteiger partial charge >= 0.3 is 11.9 Å². The lowest BCUT2D eigenvalue weighted by molar-refractivity contribution is -0.774. The Kier molecular flexibility index (Phi) is 8.42. The van der Waals surface area contributed by atoms with Gasteiger partial charge in [-0.1, -0.05) is 24.2 Å². The van der Waals surface area contributed by atoms with E-state index in [2.05, 4.69) is 32.2 Å². The van der Waals surface area contributed by atoms with Crippen LogP contribution in [0.15, 0.2) is 73.7 Å². The number of hydrogen-bond donors (Lipinski definition) is 2. The molecule has 1 aliphatic rings. The van der Waals surface area contributed by atoms with Gasteiger partial charge < -0.3 is 14.8 Å². The molecule has 3 amide bonds. The second kappa shape index (κ2) is 12.3. The second-order valence-corrected chi connectivity index (χ2v) is 10.0. The van der Waals surface area contributed by atoms with Gasteiger partial charge in [-0.25, -0.2) is 19.6 Å². The molecule has 2 N–H and O–H groups in total. The molecule has 1 fully saturated rings. The summed E-state index contributed by atoms with van der Waals surface area (Å²) in [4.78, 5) is 39.4. The number of likely N-dealkylation sites (tertiary alicyclic amines) is 1. The van der Waals surface area contributed by atoms with Crippen molar-refractivity contribution in [3.8, 4) is 11.5 Å². The van der Waals surface area contributed by atoms with Crippen LogP contribution in [0.2, 0.25) is 5.02 Å². The van der Waals surface area contributed by atoms with Crippen LogP contribution in [-0.2, 0) is 11.4 Å². The molecule has 1 aliphatic heterocycles. The van der Waals surface area contributed by atoms with Crippen LogP contribution in [-0.4, -0.2) is 51.6 Å². The fraction of sp³-hybridized carbons (Fsp3) is 0.233. The topological polar surface area (TPSA) is 115 Å². The van der Waals surface area contributed by atoms with Crippen molar-refractivity contribution in [3.63, 3.8) is 0 Å². The van der Waals surface area contributed by atoms with E-state index in [4.69, 9.17) is 21.1 Å². The van der Waals surface area contributed by atoms with Gasteiger partial charge in [0.25, 0.3) is 0 Å². The van der Waals surface area contributed by atoms with Gasteiger partial charge in [0.1, 0.15) is 30.3 Å². The van der Waals surface area contributed by atoms with Crippen molar-refractivity contribution in [3.05, 3.63) is 84.4 Å². The number of ether oxygens (including phenoxy) is 2. The number of hydrogen-bond acceptors (Lipinski definition) is 8. The maximum absolute atomic E-state index is 13.5. The van der Waals surface area contributed by atoms with Gasteiger partial charge in [-0.2, -0.15) is 4.48 Å². The predicted molar refractivity (Wildman–Crippen MR) is 157 cm³/mol. The van der Waals surface area contributed by atoms with Crippen LogP contribution in [0.4, 0.5) is 22.0 Å². The quantitative estimate of drug-likeness (QED) is 0.188. The summed E-state index contributed by atoms with van der Waals surface area (Å²) in [6, 6.07) is 14.0. The second-order valence-electron chi connectivity index (χ2n) is 9.62. The third-order valence-corrected chi connectivity index (χ3v) is 7.35. The molecule has 3 heterocycles. The summed E-state index contributed by atoms with van der Waals surface area (Å²) in [5, 5.41) is 7.26. The number of carbonyl (C=O) groups is 2. The monoisotopic (exact) mass is 573 g/mol. The molecule has 1 saturated heterocycles. The van der Waals surface area contributed by atoms with E-state index in [0.717, 1.165) is 25.0 Å². The van der Waals surface area contributed by atoms with Crippen LogP contribution >= 0.6 is 11.6 Å². The van der Waals surface area contributed by atoms with E-state index in [1.54, 1.807) is 30.5 Å². The number of fused-ring (bicyclic) bond motifs is 1. The lowest BCUT2D eigenvalue weighted by Gasteiger charge is -2.35. The molecule has 11 heteroatoms. The molecule has 2 aromatic heterocycles. The van der Waals surface area contributed by atoms with Crippen molar-refractivity contribution >= 4 is 51.6 Å². The molecule has 4 aromatic rings. The smallest absolute Gasteiger partial charge is 0.428 e. The minimum atomic E-state index is -0.424. The Bertz CT molecular complexity index is 1590. The molecule has 210 valence electrons. The first-order chi connectivity index (χ1) is 19.9. The molecule has 0 unspecified atom stereocenters. The van der Waals surface area contributed by atoms with E-state index in [9.17, 15) is 9.59 Å². The van der Waals surface area contributed by atoms with Gasteiger partial charge in [-0.3, -0.25) is 10.3 Å². The highest BCUT2D eigenvalue weighted by Crippen LogP contribution is 2.35. The van der Waals surface area contributed by atoms with Gasteiger partial charge in [0.15, 0.2) is 0 Å². The normalized spacial score (nSPS) is 14.2. The summed E-state index contributed by atoms with van der Waals surface area (Å²) in [6.07, 6.45) is 6.90. The summed E-state index contributed by atoms with van der Waals surface area (Å²) in [5.74, 6) is 1.11. The molecular formula is C30H30ClN6O4+. The van der Waals surface area contributed by atoms with E-state index in [0.29, 0.717) is 64.3 Å². The molecule has 2 aromatic carbocycles. The van der Waals surface area contributed by atoms with E-state index in [1.165, 1.54) is 19.5 Å². The van der Waals surface area contributed by atoms with Crippen LogP contribution in [0.5, 0.6) is 11.5 Å². The van der Waals surface area contributed by atoms with Gasteiger partial charge in [0, 0.05) is 29.4 Å². The molecule has 10 nitrogen and oxygen atoms in total. The first-order valence-corrected chi connectivity index (χ1v) is 13.6. The lowest BCUT2D eigenvalue weighted by atomic mass is 10.1. The number of amides is 3. The molecule has 0 aliphatic carbocycles. The standard InChI is InChI=1S/C30H29ClN6O4/c1-3-28(38)37(13-7-4-8-14-37)30(39)36-25-16-22-24(17-27(25)40-2)33-19-34-29(22)35-20-10-11-26(23(31)15-20)41-18-21-9-5-6-12-32-21/h3,5-6,9-12,15-17,19H,1,4,7-8,13-14,18H2,2H3,(H-,33,34,35,36,39)/p+1. The summed E-state index contributed by atoms with van der Waals surface area (Å²) in [7, 11) is 1.51. The Labute approximate surface area is 242 Å². The van der Waals surface area contributed by atoms with Crippen LogP contribution in [0.25, 0.3) is 10.9 Å². The van der Waals surface area contributed by atoms with Crippen LogP contribution in [0.1, 0.15) is 25.0 Å². The lowest BCUT2D eigenvalue weighted by Crippen LogP contribution is -2.60. The number of nitrogens with one attached hydrogen (secondary N) is 2. The molecule has 0 spiro atoms. The zero-order valence-corrected chi connectivity index (χ0v) is 23.4. The predicted octanol–water partition coefficient (Wildman–Crippen LogP) is 6.25. The Morgan fingerprint density at radius 1 is 1.05 bits per heavy atom. The average Bonchev–Trinajstić information content (AvgIpc) is 3.01. The summed E-state index contributed by atoms with van der Waals surface area (Å²) in [5.41, 5.74) is 2.47. The zero-order chi connectivity index (χ0) is 28.8. The molecule has 0 bridgehead atoms. The third-order valence-electron chi connectivity index (χ3n) is 7.06. The Morgan fingerprint density at radius 2 is 1.88 bits per heavy atom. The third kappa shape index (κ3) is 5.98. The Hall–Kier alpha value is -4.54. The molecule has 0 radical (unpaired) electrons. The number of halogens is 1. The number of benzene rings is 2. The minimum absolute atomic E-state index is 0.290. The minimum Gasteiger partial charge on any atom is -0.494 e.